The van der Waals surface area contributed by atoms with Crippen LogP contribution < -0.4 is 4.90 Å². The first-order valence-corrected chi connectivity index (χ1v) is 6.14. The first kappa shape index (κ1) is 12.4. The van der Waals surface area contributed by atoms with E-state index in [4.69, 9.17) is 16.7 Å². The maximum Gasteiger partial charge on any atom is 0.308 e. The van der Waals surface area contributed by atoms with Crippen molar-refractivity contribution < 1.29 is 14.7 Å². The Bertz CT molecular complexity index is 492. The maximum absolute atomic E-state index is 11.7. The van der Waals surface area contributed by atoms with Crippen molar-refractivity contribution >= 4 is 45.1 Å². The van der Waals surface area contributed by atoms with Gasteiger partial charge in [-0.05, 0) is 34.1 Å². The molecule has 1 fully saturated rings. The number of carboxylic acid groups (broad SMARTS) is 1. The Balaban J connectivity index is 2.29. The minimum atomic E-state index is -0.939. The fraction of sp³-hybridized carbons (Fsp3) is 0.273. The summed E-state index contributed by atoms with van der Waals surface area (Å²) in [6.07, 6.45) is 0.0460. The zero-order valence-corrected chi connectivity index (χ0v) is 11.0. The third-order valence-corrected chi connectivity index (χ3v) is 3.55. The summed E-state index contributed by atoms with van der Waals surface area (Å²) in [6.45, 7) is 0.203. The fourth-order valence-corrected chi connectivity index (χ4v) is 2.70. The van der Waals surface area contributed by atoms with Crippen molar-refractivity contribution in [2.24, 2.45) is 5.92 Å². The molecule has 4 nitrogen and oxygen atoms in total. The van der Waals surface area contributed by atoms with E-state index in [1.807, 2.05) is 0 Å². The molecule has 0 aliphatic carbocycles. The van der Waals surface area contributed by atoms with E-state index in [1.54, 1.807) is 18.2 Å². The van der Waals surface area contributed by atoms with Gasteiger partial charge in [0.25, 0.3) is 0 Å². The lowest BCUT2D eigenvalue weighted by atomic mass is 10.1. The molecule has 1 heterocycles. The van der Waals surface area contributed by atoms with E-state index >= 15 is 0 Å². The topological polar surface area (TPSA) is 57.6 Å². The number of rotatable bonds is 2. The number of carbonyl (C=O) groups excluding carboxylic acids is 1. The lowest BCUT2D eigenvalue weighted by Gasteiger charge is -2.17. The molecular formula is C11H9BrClNO3. The van der Waals surface area contributed by atoms with Gasteiger partial charge >= 0.3 is 5.97 Å². The van der Waals surface area contributed by atoms with E-state index in [-0.39, 0.29) is 18.9 Å². The van der Waals surface area contributed by atoms with E-state index in [1.165, 1.54) is 4.90 Å². The molecule has 1 saturated heterocycles. The molecule has 1 atom stereocenters. The quantitative estimate of drug-likeness (QED) is 0.911. The Labute approximate surface area is 111 Å². The van der Waals surface area contributed by atoms with Crippen LogP contribution in [0.5, 0.6) is 0 Å². The van der Waals surface area contributed by atoms with Crippen molar-refractivity contribution in [3.8, 4) is 0 Å². The van der Waals surface area contributed by atoms with Gasteiger partial charge in [-0.2, -0.15) is 0 Å². The average Bonchev–Trinajstić information content (AvgIpc) is 2.61. The summed E-state index contributed by atoms with van der Waals surface area (Å²) in [7, 11) is 0. The number of carboxylic acids is 1. The van der Waals surface area contributed by atoms with Crippen LogP contribution in [0.2, 0.25) is 5.02 Å². The van der Waals surface area contributed by atoms with Crippen molar-refractivity contribution in [2.45, 2.75) is 6.42 Å². The van der Waals surface area contributed by atoms with Crippen LogP contribution in [-0.4, -0.2) is 23.5 Å². The highest BCUT2D eigenvalue weighted by Crippen LogP contribution is 2.33. The number of anilines is 1. The summed E-state index contributed by atoms with van der Waals surface area (Å²) >= 11 is 9.13. The molecule has 1 amide bonds. The molecule has 90 valence electrons. The highest BCUT2D eigenvalue weighted by molar-refractivity contribution is 9.10. The summed E-state index contributed by atoms with van der Waals surface area (Å²) in [6, 6.07) is 5.05. The minimum absolute atomic E-state index is 0.0460. The molecule has 0 saturated carbocycles. The monoisotopic (exact) mass is 317 g/mol. The van der Waals surface area contributed by atoms with Crippen molar-refractivity contribution in [1.29, 1.82) is 0 Å². The second-order valence-corrected chi connectivity index (χ2v) is 5.13. The zero-order chi connectivity index (χ0) is 12.6. The molecule has 0 radical (unpaired) electrons. The Hall–Kier alpha value is -1.07. The molecule has 1 aliphatic rings. The molecule has 2 rings (SSSR count). The summed E-state index contributed by atoms with van der Waals surface area (Å²) in [4.78, 5) is 24.1. The predicted molar refractivity (Wildman–Crippen MR) is 67.2 cm³/mol. The Morgan fingerprint density at radius 3 is 2.76 bits per heavy atom. The van der Waals surface area contributed by atoms with Crippen LogP contribution in [0.25, 0.3) is 0 Å². The molecule has 1 aromatic rings. The lowest BCUT2D eigenvalue weighted by molar-refractivity contribution is -0.141. The molecule has 0 spiro atoms. The molecule has 1 aliphatic heterocycles. The molecule has 6 heteroatoms. The second-order valence-electron chi connectivity index (χ2n) is 3.84. The first-order chi connectivity index (χ1) is 7.99. The van der Waals surface area contributed by atoms with Gasteiger partial charge in [0.2, 0.25) is 5.91 Å². The van der Waals surface area contributed by atoms with Gasteiger partial charge in [0.1, 0.15) is 0 Å². The first-order valence-electron chi connectivity index (χ1n) is 4.97. The van der Waals surface area contributed by atoms with Gasteiger partial charge in [-0.1, -0.05) is 11.6 Å². The molecule has 1 aromatic carbocycles. The number of aliphatic carboxylic acids is 1. The Morgan fingerprint density at radius 1 is 1.53 bits per heavy atom. The van der Waals surface area contributed by atoms with Gasteiger partial charge < -0.3 is 10.0 Å². The smallest absolute Gasteiger partial charge is 0.308 e. The van der Waals surface area contributed by atoms with Gasteiger partial charge in [0.05, 0.1) is 11.6 Å². The third kappa shape index (κ3) is 2.45. The van der Waals surface area contributed by atoms with Crippen LogP contribution >= 0.6 is 27.5 Å². The van der Waals surface area contributed by atoms with Crippen molar-refractivity contribution in [2.75, 3.05) is 11.4 Å². The van der Waals surface area contributed by atoms with Crippen LogP contribution in [0.3, 0.4) is 0 Å². The normalized spacial score (nSPS) is 19.8. The fourth-order valence-electron chi connectivity index (χ4n) is 1.81. The predicted octanol–water partition coefficient (Wildman–Crippen LogP) is 2.54. The largest absolute Gasteiger partial charge is 0.481 e. The van der Waals surface area contributed by atoms with Gasteiger partial charge in [0, 0.05) is 22.5 Å². The van der Waals surface area contributed by atoms with Gasteiger partial charge in [-0.25, -0.2) is 0 Å². The Kier molecular flexibility index (Phi) is 3.40. The van der Waals surface area contributed by atoms with Crippen molar-refractivity contribution in [3.63, 3.8) is 0 Å². The SMILES string of the molecule is O=C(O)C1CC(=O)N(c2ccc(Cl)cc2Br)C1. The summed E-state index contributed by atoms with van der Waals surface area (Å²) in [5.41, 5.74) is 0.656. The third-order valence-electron chi connectivity index (χ3n) is 2.67. The number of benzene rings is 1. The molecule has 1 N–H and O–H groups in total. The maximum atomic E-state index is 11.7. The van der Waals surface area contributed by atoms with Crippen LogP contribution in [0, 0.1) is 5.92 Å². The zero-order valence-electron chi connectivity index (χ0n) is 8.69. The van der Waals surface area contributed by atoms with Crippen molar-refractivity contribution in [3.05, 3.63) is 27.7 Å². The lowest BCUT2D eigenvalue weighted by Crippen LogP contribution is -2.26. The summed E-state index contributed by atoms with van der Waals surface area (Å²) < 4.78 is 0.685. The molecule has 0 bridgehead atoms. The number of nitrogens with zero attached hydrogens (tertiary/aromatic N) is 1. The van der Waals surface area contributed by atoms with Crippen LogP contribution in [0.15, 0.2) is 22.7 Å². The summed E-state index contributed by atoms with van der Waals surface area (Å²) in [5.74, 6) is -1.75. The number of hydrogen-bond acceptors (Lipinski definition) is 2. The average molecular weight is 319 g/mol. The molecule has 0 aromatic heterocycles. The highest BCUT2D eigenvalue weighted by Gasteiger charge is 2.35. The standard InChI is InChI=1S/C11H9BrClNO3/c12-8-4-7(13)1-2-9(8)14-5-6(11(16)17)3-10(14)15/h1-2,4,6H,3,5H2,(H,16,17). The van der Waals surface area contributed by atoms with Gasteiger partial charge in [-0.15, -0.1) is 0 Å². The van der Waals surface area contributed by atoms with Crippen LogP contribution in [-0.2, 0) is 9.59 Å². The molecular weight excluding hydrogens is 309 g/mol. The molecule has 17 heavy (non-hydrogen) atoms. The minimum Gasteiger partial charge on any atom is -0.481 e. The Morgan fingerprint density at radius 2 is 2.24 bits per heavy atom. The van der Waals surface area contributed by atoms with E-state index < -0.39 is 11.9 Å². The summed E-state index contributed by atoms with van der Waals surface area (Å²) in [5, 5.41) is 9.45. The number of carbonyl (C=O) groups is 2. The number of amides is 1. The van der Waals surface area contributed by atoms with E-state index in [0.717, 1.165) is 0 Å². The number of hydrogen-bond donors (Lipinski definition) is 1. The van der Waals surface area contributed by atoms with E-state index in [0.29, 0.717) is 15.2 Å². The number of halogens is 2. The molecule has 1 unspecified atom stereocenters. The van der Waals surface area contributed by atoms with Crippen LogP contribution in [0.4, 0.5) is 5.69 Å². The second kappa shape index (κ2) is 4.66. The van der Waals surface area contributed by atoms with E-state index in [9.17, 15) is 9.59 Å². The highest BCUT2D eigenvalue weighted by atomic mass is 79.9. The van der Waals surface area contributed by atoms with Crippen LogP contribution in [0.1, 0.15) is 6.42 Å². The van der Waals surface area contributed by atoms with Gasteiger partial charge in [-0.3, -0.25) is 9.59 Å². The van der Waals surface area contributed by atoms with E-state index in [2.05, 4.69) is 15.9 Å². The van der Waals surface area contributed by atoms with Gasteiger partial charge in [0.15, 0.2) is 0 Å². The van der Waals surface area contributed by atoms with Crippen molar-refractivity contribution in [1.82, 2.24) is 0 Å².